The van der Waals surface area contributed by atoms with Crippen LogP contribution in [0.25, 0.3) is 0 Å². The summed E-state index contributed by atoms with van der Waals surface area (Å²) >= 11 is 0. The summed E-state index contributed by atoms with van der Waals surface area (Å²) in [6, 6.07) is 9.29. The monoisotopic (exact) mass is 333 g/mol. The quantitative estimate of drug-likeness (QED) is 0.853. The molecule has 3 rings (SSSR count). The van der Waals surface area contributed by atoms with Gasteiger partial charge in [0.15, 0.2) is 11.6 Å². The van der Waals surface area contributed by atoms with E-state index in [1.165, 1.54) is 6.07 Å². The summed E-state index contributed by atoms with van der Waals surface area (Å²) in [6.07, 6.45) is 1.97. The number of rotatable bonds is 6. The van der Waals surface area contributed by atoms with E-state index in [1.54, 1.807) is 6.20 Å². The average Bonchev–Trinajstić information content (AvgIpc) is 3.04. The van der Waals surface area contributed by atoms with Crippen LogP contribution in [0.15, 0.2) is 42.6 Å². The van der Waals surface area contributed by atoms with E-state index in [9.17, 15) is 13.9 Å². The lowest BCUT2D eigenvalue weighted by atomic mass is 10.1. The summed E-state index contributed by atoms with van der Waals surface area (Å²) in [5, 5.41) is 13.5. The number of pyridine rings is 1. The van der Waals surface area contributed by atoms with Crippen LogP contribution in [-0.4, -0.2) is 41.2 Å². The Bertz CT molecular complexity index is 669. The maximum Gasteiger partial charge on any atom is 0.159 e. The third-order valence-electron chi connectivity index (χ3n) is 4.37. The molecule has 1 aliphatic rings. The van der Waals surface area contributed by atoms with Crippen molar-refractivity contribution in [2.24, 2.45) is 5.92 Å². The van der Waals surface area contributed by atoms with E-state index in [-0.39, 0.29) is 0 Å². The first kappa shape index (κ1) is 16.8. The molecule has 1 saturated heterocycles. The van der Waals surface area contributed by atoms with Gasteiger partial charge in [-0.1, -0.05) is 12.1 Å². The first-order chi connectivity index (χ1) is 11.6. The van der Waals surface area contributed by atoms with Gasteiger partial charge in [0.1, 0.15) is 5.82 Å². The zero-order chi connectivity index (χ0) is 16.9. The number of hydrogen-bond acceptors (Lipinski definition) is 4. The molecule has 0 spiro atoms. The van der Waals surface area contributed by atoms with Crippen LogP contribution in [0.2, 0.25) is 0 Å². The predicted octanol–water partition coefficient (Wildman–Crippen LogP) is 2.83. The summed E-state index contributed by atoms with van der Waals surface area (Å²) < 4.78 is 26.2. The smallest absolute Gasteiger partial charge is 0.159 e. The maximum absolute atomic E-state index is 13.3. The lowest BCUT2D eigenvalue weighted by Crippen LogP contribution is -2.27. The molecular formula is C18H21F2N3O. The second kappa shape index (κ2) is 7.68. The number of anilines is 1. The molecule has 1 aromatic carbocycles. The van der Waals surface area contributed by atoms with Crippen molar-refractivity contribution in [2.75, 3.05) is 31.5 Å². The number of nitrogens with zero attached hydrogens (tertiary/aromatic N) is 2. The molecule has 2 heterocycles. The molecule has 0 amide bonds. The molecule has 128 valence electrons. The van der Waals surface area contributed by atoms with Crippen LogP contribution in [0, 0.1) is 17.6 Å². The normalized spacial score (nSPS) is 19.4. The summed E-state index contributed by atoms with van der Waals surface area (Å²) in [7, 11) is 0. The van der Waals surface area contributed by atoms with Gasteiger partial charge in [-0.3, -0.25) is 0 Å². The zero-order valence-electron chi connectivity index (χ0n) is 13.3. The first-order valence-corrected chi connectivity index (χ1v) is 8.12. The van der Waals surface area contributed by atoms with Crippen molar-refractivity contribution in [3.8, 4) is 0 Å². The van der Waals surface area contributed by atoms with Gasteiger partial charge >= 0.3 is 0 Å². The Balaban J connectivity index is 1.47. The summed E-state index contributed by atoms with van der Waals surface area (Å²) in [6.45, 7) is 3.00. The van der Waals surface area contributed by atoms with E-state index in [0.717, 1.165) is 44.0 Å². The molecule has 1 fully saturated rings. The fraction of sp³-hybridized carbons (Fsp3) is 0.389. The fourth-order valence-corrected chi connectivity index (χ4v) is 3.03. The Morgan fingerprint density at radius 2 is 2.12 bits per heavy atom. The molecule has 0 aliphatic carbocycles. The molecule has 0 unspecified atom stereocenters. The van der Waals surface area contributed by atoms with Crippen LogP contribution in [0.1, 0.15) is 18.1 Å². The second-order valence-corrected chi connectivity index (χ2v) is 6.20. The Morgan fingerprint density at radius 1 is 1.25 bits per heavy atom. The standard InChI is InChI=1S/C18H21F2N3O/c19-15-5-4-14(9-16(15)20)17(24)12-23-8-6-13(11-23)10-22-18-3-1-2-7-21-18/h1-5,7,9,13,17,24H,6,8,10-12H2,(H,21,22)/t13-,17-/m1/s1. The van der Waals surface area contributed by atoms with E-state index >= 15 is 0 Å². The molecule has 24 heavy (non-hydrogen) atoms. The van der Waals surface area contributed by atoms with Crippen molar-refractivity contribution in [1.82, 2.24) is 9.88 Å². The van der Waals surface area contributed by atoms with Crippen molar-refractivity contribution in [2.45, 2.75) is 12.5 Å². The van der Waals surface area contributed by atoms with Gasteiger partial charge in [0.05, 0.1) is 6.10 Å². The summed E-state index contributed by atoms with van der Waals surface area (Å²) in [5.74, 6) is -0.486. The molecule has 2 N–H and O–H groups in total. The highest BCUT2D eigenvalue weighted by Gasteiger charge is 2.24. The van der Waals surface area contributed by atoms with E-state index < -0.39 is 17.7 Å². The number of hydrogen-bond donors (Lipinski definition) is 2. The topological polar surface area (TPSA) is 48.4 Å². The van der Waals surface area contributed by atoms with Crippen LogP contribution in [0.3, 0.4) is 0 Å². The minimum atomic E-state index is -0.926. The molecule has 1 aromatic heterocycles. The minimum absolute atomic E-state index is 0.406. The van der Waals surface area contributed by atoms with Crippen molar-refractivity contribution in [3.05, 3.63) is 59.8 Å². The number of halogens is 2. The van der Waals surface area contributed by atoms with E-state index in [0.29, 0.717) is 18.0 Å². The SMILES string of the molecule is O[C@H](CN1CC[C@H](CNc2ccccn2)C1)c1ccc(F)c(F)c1. The van der Waals surface area contributed by atoms with Gasteiger partial charge in [-0.25, -0.2) is 13.8 Å². The number of aliphatic hydroxyl groups is 1. The molecule has 0 bridgehead atoms. The highest BCUT2D eigenvalue weighted by molar-refractivity contribution is 5.33. The Kier molecular flexibility index (Phi) is 5.37. The van der Waals surface area contributed by atoms with Crippen molar-refractivity contribution >= 4 is 5.82 Å². The largest absolute Gasteiger partial charge is 0.387 e. The molecule has 1 aliphatic heterocycles. The van der Waals surface area contributed by atoms with Gasteiger partial charge in [-0.2, -0.15) is 0 Å². The van der Waals surface area contributed by atoms with Crippen LogP contribution in [-0.2, 0) is 0 Å². The van der Waals surface area contributed by atoms with Crippen LogP contribution in [0.5, 0.6) is 0 Å². The molecule has 0 radical (unpaired) electrons. The van der Waals surface area contributed by atoms with Crippen LogP contribution >= 0.6 is 0 Å². The fourth-order valence-electron chi connectivity index (χ4n) is 3.03. The third kappa shape index (κ3) is 4.27. The first-order valence-electron chi connectivity index (χ1n) is 8.12. The number of β-amino-alcohol motifs (C(OH)–C–C–N with tert-alkyl or cyclic N) is 1. The minimum Gasteiger partial charge on any atom is -0.387 e. The second-order valence-electron chi connectivity index (χ2n) is 6.20. The highest BCUT2D eigenvalue weighted by atomic mass is 19.2. The van der Waals surface area contributed by atoms with Gasteiger partial charge in [-0.05, 0) is 48.7 Å². The maximum atomic E-state index is 13.3. The van der Waals surface area contributed by atoms with Gasteiger partial charge in [-0.15, -0.1) is 0 Å². The van der Waals surface area contributed by atoms with E-state index in [2.05, 4.69) is 15.2 Å². The molecule has 2 aromatic rings. The molecule has 4 nitrogen and oxygen atoms in total. The van der Waals surface area contributed by atoms with Crippen LogP contribution < -0.4 is 5.32 Å². The number of benzene rings is 1. The molecule has 6 heteroatoms. The third-order valence-corrected chi connectivity index (χ3v) is 4.37. The Hall–Kier alpha value is -2.05. The number of aromatic nitrogens is 1. The zero-order valence-corrected chi connectivity index (χ0v) is 13.3. The molecule has 0 saturated carbocycles. The number of likely N-dealkylation sites (tertiary alicyclic amines) is 1. The van der Waals surface area contributed by atoms with Gasteiger partial charge in [0.2, 0.25) is 0 Å². The lowest BCUT2D eigenvalue weighted by Gasteiger charge is -2.20. The van der Waals surface area contributed by atoms with Gasteiger partial charge < -0.3 is 15.3 Å². The van der Waals surface area contributed by atoms with Crippen LogP contribution in [0.4, 0.5) is 14.6 Å². The van der Waals surface area contributed by atoms with Crippen molar-refractivity contribution < 1.29 is 13.9 Å². The average molecular weight is 333 g/mol. The van der Waals surface area contributed by atoms with Gasteiger partial charge in [0, 0.05) is 25.8 Å². The number of aliphatic hydroxyl groups excluding tert-OH is 1. The molecular weight excluding hydrogens is 312 g/mol. The Morgan fingerprint density at radius 3 is 2.88 bits per heavy atom. The molecule has 2 atom stereocenters. The number of nitrogens with one attached hydrogen (secondary N) is 1. The van der Waals surface area contributed by atoms with Crippen molar-refractivity contribution in [3.63, 3.8) is 0 Å². The summed E-state index contributed by atoms with van der Waals surface area (Å²) in [4.78, 5) is 6.38. The lowest BCUT2D eigenvalue weighted by molar-refractivity contribution is 0.124. The Labute approximate surface area is 140 Å². The van der Waals surface area contributed by atoms with Crippen molar-refractivity contribution in [1.29, 1.82) is 0 Å². The predicted molar refractivity (Wildman–Crippen MR) is 88.6 cm³/mol. The summed E-state index contributed by atoms with van der Waals surface area (Å²) in [5.41, 5.74) is 0.406. The van der Waals surface area contributed by atoms with Gasteiger partial charge in [0.25, 0.3) is 0 Å². The van der Waals surface area contributed by atoms with E-state index in [4.69, 9.17) is 0 Å². The van der Waals surface area contributed by atoms with E-state index in [1.807, 2.05) is 18.2 Å². The highest BCUT2D eigenvalue weighted by Crippen LogP contribution is 2.22.